The van der Waals surface area contributed by atoms with Gasteiger partial charge in [-0.2, -0.15) is 37.3 Å². The fourth-order valence-electron chi connectivity index (χ4n) is 6.07. The van der Waals surface area contributed by atoms with Gasteiger partial charge in [0, 0.05) is 17.7 Å². The van der Waals surface area contributed by atoms with E-state index in [9.17, 15) is 36.2 Å². The molecule has 0 atom stereocenters. The summed E-state index contributed by atoms with van der Waals surface area (Å²) in [7, 11) is -8.82. The Bertz CT molecular complexity index is 2730. The minimum atomic E-state index is -4.41. The molecule has 0 amide bonds. The van der Waals surface area contributed by atoms with Gasteiger partial charge in [0.2, 0.25) is 0 Å². The van der Waals surface area contributed by atoms with Crippen molar-refractivity contribution in [2.24, 2.45) is 20.5 Å². The smallest absolute Gasteiger partial charge is 0.857 e. The van der Waals surface area contributed by atoms with Crippen LogP contribution in [-0.4, -0.2) is 45.5 Å². The molecule has 0 aliphatic heterocycles. The molecule has 2 heterocycles. The molecule has 2 N–H and O–H groups in total. The number of aromatic nitrogens is 4. The van der Waals surface area contributed by atoms with Gasteiger partial charge in [-0.05, 0) is 103 Å². The predicted octanol–water partition coefficient (Wildman–Crippen LogP) is 1.33. The van der Waals surface area contributed by atoms with Crippen molar-refractivity contribution in [2.45, 2.75) is 29.6 Å². The molecular formula is C39H30N8Na2O8S2. The minimum Gasteiger partial charge on any atom is -0.857 e. The van der Waals surface area contributed by atoms with E-state index in [0.29, 0.717) is 22.8 Å². The molecule has 0 aliphatic carbocycles. The molecule has 2 aromatic heterocycles. The number of rotatable bonds is 11. The van der Waals surface area contributed by atoms with Crippen LogP contribution >= 0.6 is 0 Å². The summed E-state index contributed by atoms with van der Waals surface area (Å²) in [5.74, 6) is -1.45. The first-order valence-corrected chi connectivity index (χ1v) is 19.8. The van der Waals surface area contributed by atoms with E-state index in [4.69, 9.17) is 0 Å². The first-order chi connectivity index (χ1) is 27.2. The van der Waals surface area contributed by atoms with Crippen LogP contribution in [-0.2, 0) is 20.2 Å². The van der Waals surface area contributed by atoms with Gasteiger partial charge in [0.25, 0.3) is 20.2 Å². The fourth-order valence-corrected chi connectivity index (χ4v) is 7.03. The monoisotopic (exact) mass is 848 g/mol. The first-order valence-electron chi connectivity index (χ1n) is 16.9. The van der Waals surface area contributed by atoms with Crippen molar-refractivity contribution >= 4 is 43.0 Å². The second kappa shape index (κ2) is 18.6. The number of benzene rings is 5. The molecule has 0 radical (unpaired) electrons. The van der Waals surface area contributed by atoms with Crippen molar-refractivity contribution in [3.05, 3.63) is 155 Å². The zero-order valence-corrected chi connectivity index (χ0v) is 37.6. The van der Waals surface area contributed by atoms with Gasteiger partial charge < -0.3 is 10.2 Å². The van der Waals surface area contributed by atoms with Crippen molar-refractivity contribution < 1.29 is 95.3 Å². The maximum Gasteiger partial charge on any atom is 1.00 e. The number of hydrogen-bond acceptors (Lipinski definition) is 12. The van der Waals surface area contributed by atoms with Gasteiger partial charge in [0.15, 0.2) is 0 Å². The third-order valence-corrected chi connectivity index (χ3v) is 10.5. The summed E-state index contributed by atoms with van der Waals surface area (Å²) < 4.78 is 66.4. The Labute approximate surface area is 383 Å². The van der Waals surface area contributed by atoms with Crippen molar-refractivity contribution in [3.8, 4) is 23.1 Å². The zero-order chi connectivity index (χ0) is 40.5. The van der Waals surface area contributed by atoms with Gasteiger partial charge in [-0.1, -0.05) is 54.6 Å². The van der Waals surface area contributed by atoms with Crippen LogP contribution in [0.4, 0.5) is 22.7 Å². The van der Waals surface area contributed by atoms with Gasteiger partial charge in [-0.15, -0.1) is 10.2 Å². The summed E-state index contributed by atoms with van der Waals surface area (Å²) in [4.78, 5) is -0.644. The van der Waals surface area contributed by atoms with Crippen LogP contribution in [0.15, 0.2) is 158 Å². The van der Waals surface area contributed by atoms with Crippen molar-refractivity contribution in [1.29, 1.82) is 0 Å². The van der Waals surface area contributed by atoms with E-state index in [1.54, 1.807) is 26.0 Å². The van der Waals surface area contributed by atoms with Gasteiger partial charge in [0.1, 0.15) is 11.4 Å². The van der Waals surface area contributed by atoms with Crippen LogP contribution in [0.5, 0.6) is 11.8 Å². The molecule has 0 saturated carbocycles. The predicted molar refractivity (Wildman–Crippen MR) is 204 cm³/mol. The summed E-state index contributed by atoms with van der Waals surface area (Å²) in [6, 6.07) is 34.4. The molecule has 0 saturated heterocycles. The first kappa shape index (κ1) is 45.2. The molecule has 16 nitrogen and oxygen atoms in total. The van der Waals surface area contributed by atoms with Gasteiger partial charge in [-0.25, -0.2) is 9.36 Å². The van der Waals surface area contributed by atoms with E-state index in [2.05, 4.69) is 30.7 Å². The van der Waals surface area contributed by atoms with E-state index >= 15 is 0 Å². The molecule has 0 fully saturated rings. The summed E-state index contributed by atoms with van der Waals surface area (Å²) in [6.07, 6.45) is 0. The van der Waals surface area contributed by atoms with Crippen LogP contribution in [0, 0.1) is 13.8 Å². The van der Waals surface area contributed by atoms with E-state index in [-0.39, 0.29) is 97.6 Å². The van der Waals surface area contributed by atoms with Crippen LogP contribution in [0.3, 0.4) is 0 Å². The summed E-state index contributed by atoms with van der Waals surface area (Å²) in [6.45, 7) is 3.20. The standard InChI is InChI=1S/C39H32N8O8S2.2Na/c1-24-36(38(48)46(44-24)31-14-18-33(19-15-31)56(50,51)52)42-40-29-12-6-10-27(22-29)35(26-8-4-3-5-9-26)28-11-7-13-30(23-28)41-43-37-25(2)45-47(39(37)49)32-16-20-34(21-17-32)57(53,54)55;;/h3-23,35,48-49H,1-2H3,(H,50,51,52)(H,53,54,55);;/q;2*+1/p-2. The molecule has 5 aromatic carbocycles. The molecule has 7 aromatic rings. The van der Waals surface area contributed by atoms with E-state index in [1.807, 2.05) is 66.7 Å². The average molecular weight is 849 g/mol. The Morgan fingerprint density at radius 1 is 0.525 bits per heavy atom. The Morgan fingerprint density at radius 3 is 1.27 bits per heavy atom. The third-order valence-electron chi connectivity index (χ3n) is 8.80. The van der Waals surface area contributed by atoms with Gasteiger partial charge in [0.05, 0.1) is 43.9 Å². The van der Waals surface area contributed by atoms with Crippen molar-refractivity contribution in [3.63, 3.8) is 0 Å². The van der Waals surface area contributed by atoms with Crippen molar-refractivity contribution in [1.82, 2.24) is 19.6 Å². The Hall–Kier alpha value is -4.86. The van der Waals surface area contributed by atoms with Crippen molar-refractivity contribution in [2.75, 3.05) is 0 Å². The minimum absolute atomic E-state index is 0. The van der Waals surface area contributed by atoms with Crippen LogP contribution in [0.25, 0.3) is 11.4 Å². The Balaban J connectivity index is 0.00000331. The Morgan fingerprint density at radius 2 is 0.898 bits per heavy atom. The SMILES string of the molecule is Cc1nn(-c2ccc(S(=O)(=O)O)cc2)c([O-])c1N=Nc1cccc(C(c2ccccc2)c2cccc(N=Nc3c(C)nn(-c4ccc(S(=O)(=O)O)cc4)c3[O-])c2)c1.[Na+].[Na+]. The molecule has 59 heavy (non-hydrogen) atoms. The van der Waals surface area contributed by atoms with Crippen LogP contribution in [0.2, 0.25) is 0 Å². The average Bonchev–Trinajstić information content (AvgIpc) is 3.64. The van der Waals surface area contributed by atoms with Crippen LogP contribution < -0.4 is 69.3 Å². The molecule has 0 spiro atoms. The maximum atomic E-state index is 13.3. The molecule has 0 unspecified atom stereocenters. The number of aryl methyl sites for hydroxylation is 2. The maximum absolute atomic E-state index is 13.3. The van der Waals surface area contributed by atoms with Crippen LogP contribution in [0.1, 0.15) is 34.0 Å². The molecule has 7 rings (SSSR count). The number of nitrogens with zero attached hydrogens (tertiary/aromatic N) is 8. The number of azo groups is 2. The third kappa shape index (κ3) is 10.1. The van der Waals surface area contributed by atoms with Gasteiger partial charge in [-0.3, -0.25) is 9.11 Å². The quantitative estimate of drug-likeness (QED) is 0.0820. The van der Waals surface area contributed by atoms with Gasteiger partial charge >= 0.3 is 59.1 Å². The topological polar surface area (TPSA) is 240 Å². The van der Waals surface area contributed by atoms with E-state index in [1.165, 1.54) is 24.3 Å². The summed E-state index contributed by atoms with van der Waals surface area (Å²) in [5.41, 5.74) is 4.70. The molecule has 20 heteroatoms. The second-order valence-corrected chi connectivity index (χ2v) is 15.5. The number of hydrogen-bond donors (Lipinski definition) is 2. The summed E-state index contributed by atoms with van der Waals surface area (Å²) >= 11 is 0. The molecule has 288 valence electrons. The fraction of sp³-hybridized carbons (Fsp3) is 0.0769. The zero-order valence-electron chi connectivity index (χ0n) is 31.9. The normalized spacial score (nSPS) is 12.3. The largest absolute Gasteiger partial charge is 1.00 e. The molecule has 0 aliphatic rings. The molecule has 0 bridgehead atoms. The Kier molecular flexibility index (Phi) is 14.3. The second-order valence-electron chi connectivity index (χ2n) is 12.7. The van der Waals surface area contributed by atoms with E-state index < -0.39 is 32.0 Å². The van der Waals surface area contributed by atoms with E-state index in [0.717, 1.165) is 50.3 Å². The molecular weight excluding hydrogens is 819 g/mol. The summed E-state index contributed by atoms with van der Waals surface area (Å²) in [5, 5.41) is 52.3.